The number of carbonyl (C=O) groups excluding carboxylic acids is 1. The second-order valence-electron chi connectivity index (χ2n) is 5.63. The predicted octanol–water partition coefficient (Wildman–Crippen LogP) is 2.06. The Kier molecular flexibility index (Phi) is 5.40. The molecular formula is C14H22N2O3S2. The number of hydrogen-bond donors (Lipinski definition) is 1. The fourth-order valence-corrected chi connectivity index (χ4v) is 4.96. The molecule has 1 aliphatic carbocycles. The number of carbonyl (C=O) groups is 1. The third kappa shape index (κ3) is 4.05. The Morgan fingerprint density at radius 2 is 2.14 bits per heavy atom. The Hall–Kier alpha value is -0.920. The van der Waals surface area contributed by atoms with Gasteiger partial charge in [0.05, 0.1) is 6.54 Å². The molecule has 0 aromatic carbocycles. The van der Waals surface area contributed by atoms with E-state index in [1.807, 2.05) is 0 Å². The average molecular weight is 330 g/mol. The van der Waals surface area contributed by atoms with Gasteiger partial charge in [-0.3, -0.25) is 4.79 Å². The molecule has 0 saturated heterocycles. The molecule has 1 saturated carbocycles. The molecule has 118 valence electrons. The van der Waals surface area contributed by atoms with E-state index in [1.165, 1.54) is 13.5 Å². The van der Waals surface area contributed by atoms with Crippen LogP contribution in [0.3, 0.4) is 0 Å². The minimum absolute atomic E-state index is 0.135. The molecule has 2 atom stereocenters. The van der Waals surface area contributed by atoms with Crippen molar-refractivity contribution in [3.8, 4) is 0 Å². The topological polar surface area (TPSA) is 66.5 Å². The van der Waals surface area contributed by atoms with Gasteiger partial charge in [0, 0.05) is 13.1 Å². The molecular weight excluding hydrogens is 308 g/mol. The number of thiophene rings is 1. The lowest BCUT2D eigenvalue weighted by Gasteiger charge is -2.30. The maximum atomic E-state index is 12.2. The van der Waals surface area contributed by atoms with Crippen LogP contribution >= 0.6 is 11.3 Å². The van der Waals surface area contributed by atoms with Crippen LogP contribution in [0.1, 0.15) is 32.6 Å². The molecule has 0 bridgehead atoms. The fourth-order valence-electron chi connectivity index (χ4n) is 2.63. The van der Waals surface area contributed by atoms with Crippen LogP contribution in [0, 0.1) is 5.92 Å². The van der Waals surface area contributed by atoms with Crippen molar-refractivity contribution in [3.63, 3.8) is 0 Å². The highest BCUT2D eigenvalue weighted by Crippen LogP contribution is 2.24. The van der Waals surface area contributed by atoms with E-state index in [4.69, 9.17) is 0 Å². The van der Waals surface area contributed by atoms with E-state index in [-0.39, 0.29) is 22.7 Å². The van der Waals surface area contributed by atoms with E-state index in [1.54, 1.807) is 17.5 Å². The number of sulfonamides is 1. The number of amides is 1. The normalized spacial score (nSPS) is 23.2. The van der Waals surface area contributed by atoms with Gasteiger partial charge in [-0.2, -0.15) is 4.31 Å². The molecule has 0 aliphatic heterocycles. The van der Waals surface area contributed by atoms with Crippen molar-refractivity contribution in [1.82, 2.24) is 9.62 Å². The van der Waals surface area contributed by atoms with E-state index in [0.29, 0.717) is 5.92 Å². The van der Waals surface area contributed by atoms with Gasteiger partial charge in [-0.15, -0.1) is 11.3 Å². The molecule has 1 aromatic heterocycles. The van der Waals surface area contributed by atoms with Gasteiger partial charge in [0.2, 0.25) is 5.91 Å². The Balaban J connectivity index is 1.93. The Morgan fingerprint density at radius 3 is 2.76 bits per heavy atom. The van der Waals surface area contributed by atoms with Crippen molar-refractivity contribution in [2.24, 2.45) is 5.92 Å². The van der Waals surface area contributed by atoms with Crippen molar-refractivity contribution in [3.05, 3.63) is 17.5 Å². The maximum Gasteiger partial charge on any atom is 0.252 e. The van der Waals surface area contributed by atoms with Crippen LogP contribution in [-0.2, 0) is 14.8 Å². The minimum Gasteiger partial charge on any atom is -0.352 e. The molecule has 0 spiro atoms. The summed E-state index contributed by atoms with van der Waals surface area (Å²) < 4.78 is 25.9. The first-order chi connectivity index (χ1) is 9.91. The summed E-state index contributed by atoms with van der Waals surface area (Å²) in [6.45, 7) is 2.00. The highest BCUT2D eigenvalue weighted by atomic mass is 32.2. The van der Waals surface area contributed by atoms with E-state index >= 15 is 0 Å². The summed E-state index contributed by atoms with van der Waals surface area (Å²) in [6.07, 6.45) is 4.43. The molecule has 21 heavy (non-hydrogen) atoms. The van der Waals surface area contributed by atoms with Gasteiger partial charge in [0.15, 0.2) is 0 Å². The quantitative estimate of drug-likeness (QED) is 0.899. The van der Waals surface area contributed by atoms with Crippen LogP contribution in [0.5, 0.6) is 0 Å². The van der Waals surface area contributed by atoms with Crippen LogP contribution in [0.2, 0.25) is 0 Å². The van der Waals surface area contributed by atoms with Crippen LogP contribution < -0.4 is 5.32 Å². The molecule has 7 heteroatoms. The Bertz CT molecular complexity index is 569. The molecule has 1 amide bonds. The van der Waals surface area contributed by atoms with Crippen LogP contribution in [0.25, 0.3) is 0 Å². The summed E-state index contributed by atoms with van der Waals surface area (Å²) in [6, 6.07) is 3.41. The lowest BCUT2D eigenvalue weighted by atomic mass is 9.86. The van der Waals surface area contributed by atoms with Crippen LogP contribution in [0.4, 0.5) is 0 Å². The van der Waals surface area contributed by atoms with E-state index < -0.39 is 10.0 Å². The first-order valence-electron chi connectivity index (χ1n) is 7.20. The van der Waals surface area contributed by atoms with E-state index in [9.17, 15) is 13.2 Å². The number of nitrogens with one attached hydrogen (secondary N) is 1. The number of hydrogen-bond acceptors (Lipinski definition) is 4. The molecule has 1 heterocycles. The van der Waals surface area contributed by atoms with Gasteiger partial charge in [-0.1, -0.05) is 25.8 Å². The SMILES string of the molecule is C[C@H]1CCCC[C@H]1NC(=O)CN(C)S(=O)(=O)c1cccs1. The molecule has 5 nitrogen and oxygen atoms in total. The molecule has 1 aliphatic rings. The second-order valence-corrected chi connectivity index (χ2v) is 8.85. The fraction of sp³-hybridized carbons (Fsp3) is 0.643. The minimum atomic E-state index is -3.55. The van der Waals surface area contributed by atoms with Crippen LogP contribution in [0.15, 0.2) is 21.7 Å². The Labute approximate surface area is 130 Å². The molecule has 1 N–H and O–H groups in total. The number of nitrogens with zero attached hydrogens (tertiary/aromatic N) is 1. The standard InChI is InChI=1S/C14H22N2O3S2/c1-11-6-3-4-7-12(11)15-13(17)10-16(2)21(18,19)14-8-5-9-20-14/h5,8-9,11-12H,3-4,6-7,10H2,1-2H3,(H,15,17)/t11-,12+/m0/s1. The predicted molar refractivity (Wildman–Crippen MR) is 83.7 cm³/mol. The van der Waals surface area contributed by atoms with E-state index in [2.05, 4.69) is 12.2 Å². The zero-order valence-corrected chi connectivity index (χ0v) is 14.0. The average Bonchev–Trinajstić information content (AvgIpc) is 2.96. The summed E-state index contributed by atoms with van der Waals surface area (Å²) >= 11 is 1.16. The van der Waals surface area contributed by atoms with Gasteiger partial charge < -0.3 is 5.32 Å². The third-order valence-corrected chi connectivity index (χ3v) is 7.16. The zero-order valence-electron chi connectivity index (χ0n) is 12.4. The Morgan fingerprint density at radius 1 is 1.43 bits per heavy atom. The summed E-state index contributed by atoms with van der Waals surface area (Å²) in [7, 11) is -2.11. The molecule has 2 rings (SSSR count). The van der Waals surface area contributed by atoms with Crippen molar-refractivity contribution in [2.75, 3.05) is 13.6 Å². The van der Waals surface area contributed by atoms with Crippen molar-refractivity contribution in [2.45, 2.75) is 42.9 Å². The summed E-state index contributed by atoms with van der Waals surface area (Å²) in [4.78, 5) is 12.1. The van der Waals surface area contributed by atoms with Gasteiger partial charge in [0.25, 0.3) is 10.0 Å². The summed E-state index contributed by atoms with van der Waals surface area (Å²) in [5.74, 6) is 0.235. The highest BCUT2D eigenvalue weighted by molar-refractivity contribution is 7.91. The van der Waals surface area contributed by atoms with Crippen LogP contribution in [-0.4, -0.2) is 38.3 Å². The lowest BCUT2D eigenvalue weighted by Crippen LogP contribution is -2.45. The van der Waals surface area contributed by atoms with Crippen molar-refractivity contribution >= 4 is 27.3 Å². The number of rotatable bonds is 5. The molecule has 1 aromatic rings. The van der Waals surface area contributed by atoms with E-state index in [0.717, 1.165) is 34.9 Å². The zero-order chi connectivity index (χ0) is 15.5. The van der Waals surface area contributed by atoms with Crippen molar-refractivity contribution < 1.29 is 13.2 Å². The molecule has 1 fully saturated rings. The smallest absolute Gasteiger partial charge is 0.252 e. The van der Waals surface area contributed by atoms with Gasteiger partial charge in [-0.25, -0.2) is 8.42 Å². The van der Waals surface area contributed by atoms with Crippen molar-refractivity contribution in [1.29, 1.82) is 0 Å². The third-order valence-electron chi connectivity index (χ3n) is 3.98. The lowest BCUT2D eigenvalue weighted by molar-refractivity contribution is -0.122. The second kappa shape index (κ2) is 6.89. The molecule has 0 unspecified atom stereocenters. The first kappa shape index (κ1) is 16.5. The first-order valence-corrected chi connectivity index (χ1v) is 9.52. The maximum absolute atomic E-state index is 12.2. The monoisotopic (exact) mass is 330 g/mol. The summed E-state index contributed by atoms with van der Waals surface area (Å²) in [5, 5.41) is 4.69. The summed E-state index contributed by atoms with van der Waals surface area (Å²) in [5.41, 5.74) is 0. The number of likely N-dealkylation sites (N-methyl/N-ethyl adjacent to an activating group) is 1. The largest absolute Gasteiger partial charge is 0.352 e. The van der Waals surface area contributed by atoms with Gasteiger partial charge >= 0.3 is 0 Å². The van der Waals surface area contributed by atoms with Gasteiger partial charge in [-0.05, 0) is 30.2 Å². The highest BCUT2D eigenvalue weighted by Gasteiger charge is 2.27. The molecule has 0 radical (unpaired) electrons. The van der Waals surface area contributed by atoms with Gasteiger partial charge in [0.1, 0.15) is 4.21 Å².